The molecule has 0 amide bonds. The first kappa shape index (κ1) is 11.7. The third-order valence-corrected chi connectivity index (χ3v) is 3.50. The normalized spacial score (nSPS) is 15.4. The zero-order chi connectivity index (χ0) is 10.6. The number of thiophene rings is 1. The molecule has 0 bridgehead atoms. The molecule has 0 fully saturated rings. The van der Waals surface area contributed by atoms with Gasteiger partial charge in [0.05, 0.1) is 12.1 Å². The maximum atomic E-state index is 5.62. The largest absolute Gasteiger partial charge is 0.377 e. The van der Waals surface area contributed by atoms with Crippen LogP contribution in [0.4, 0.5) is 0 Å². The van der Waals surface area contributed by atoms with Gasteiger partial charge in [-0.25, -0.2) is 0 Å². The minimum absolute atomic E-state index is 0.224. The van der Waals surface area contributed by atoms with Crippen molar-refractivity contribution in [2.24, 2.45) is 0 Å². The highest BCUT2D eigenvalue weighted by atomic mass is 32.1. The summed E-state index contributed by atoms with van der Waals surface area (Å²) >= 11 is 1.79. The summed E-state index contributed by atoms with van der Waals surface area (Å²) in [5.41, 5.74) is 1.35. The fourth-order valence-corrected chi connectivity index (χ4v) is 2.77. The summed E-state index contributed by atoms with van der Waals surface area (Å²) in [6.45, 7) is 7.06. The van der Waals surface area contributed by atoms with Gasteiger partial charge in [-0.15, -0.1) is 11.3 Å². The molecule has 0 radical (unpaired) electrons. The Hall–Kier alpha value is -0.380. The molecule has 0 spiro atoms. The molecule has 1 rings (SSSR count). The van der Waals surface area contributed by atoms with Crippen molar-refractivity contribution < 1.29 is 4.74 Å². The first-order valence-corrected chi connectivity index (χ1v) is 5.91. The first-order valence-electron chi connectivity index (χ1n) is 5.03. The molecule has 2 nitrogen and oxygen atoms in total. The summed E-state index contributed by atoms with van der Waals surface area (Å²) in [5, 5.41) is 5.45. The molecule has 80 valence electrons. The topological polar surface area (TPSA) is 21.3 Å². The lowest BCUT2D eigenvalue weighted by Crippen LogP contribution is -2.29. The summed E-state index contributed by atoms with van der Waals surface area (Å²) in [6.07, 6.45) is 0.224. The van der Waals surface area contributed by atoms with Crippen LogP contribution < -0.4 is 5.32 Å². The van der Waals surface area contributed by atoms with Gasteiger partial charge < -0.3 is 10.1 Å². The van der Waals surface area contributed by atoms with Crippen LogP contribution in [0.3, 0.4) is 0 Å². The van der Waals surface area contributed by atoms with Crippen LogP contribution in [-0.2, 0) is 4.74 Å². The van der Waals surface area contributed by atoms with Crippen molar-refractivity contribution in [3.8, 4) is 0 Å². The number of hydrogen-bond donors (Lipinski definition) is 1. The third kappa shape index (κ3) is 2.56. The molecule has 0 aliphatic rings. The predicted molar refractivity (Wildman–Crippen MR) is 61.9 cm³/mol. The molecule has 0 saturated heterocycles. The molecule has 14 heavy (non-hydrogen) atoms. The zero-order valence-corrected chi connectivity index (χ0v) is 10.1. The average molecular weight is 213 g/mol. The van der Waals surface area contributed by atoms with E-state index in [1.165, 1.54) is 10.4 Å². The van der Waals surface area contributed by atoms with Crippen molar-refractivity contribution in [3.05, 3.63) is 21.9 Å². The highest BCUT2D eigenvalue weighted by Crippen LogP contribution is 2.27. The van der Waals surface area contributed by atoms with Gasteiger partial charge in [0.2, 0.25) is 0 Å². The van der Waals surface area contributed by atoms with Gasteiger partial charge in [-0.3, -0.25) is 0 Å². The number of ether oxygens (including phenoxy) is 1. The second-order valence-electron chi connectivity index (χ2n) is 3.39. The number of aryl methyl sites for hydroxylation is 1. The van der Waals surface area contributed by atoms with E-state index in [1.807, 2.05) is 14.0 Å². The van der Waals surface area contributed by atoms with E-state index in [-0.39, 0.29) is 6.10 Å². The van der Waals surface area contributed by atoms with Gasteiger partial charge >= 0.3 is 0 Å². The molecule has 2 unspecified atom stereocenters. The predicted octanol–water partition coefficient (Wildman–Crippen LogP) is 2.74. The minimum atomic E-state index is 0.224. The number of likely N-dealkylation sites (N-methyl/N-ethyl adjacent to an activating group) is 1. The molecule has 1 aromatic heterocycles. The van der Waals surface area contributed by atoms with Crippen molar-refractivity contribution in [1.29, 1.82) is 0 Å². The van der Waals surface area contributed by atoms with Crippen molar-refractivity contribution in [1.82, 2.24) is 5.32 Å². The van der Waals surface area contributed by atoms with E-state index in [0.29, 0.717) is 6.04 Å². The van der Waals surface area contributed by atoms with Crippen LogP contribution in [0.25, 0.3) is 0 Å². The minimum Gasteiger partial charge on any atom is -0.377 e. The second-order valence-corrected chi connectivity index (χ2v) is 4.34. The Labute approximate surface area is 90.3 Å². The Morgan fingerprint density at radius 3 is 2.71 bits per heavy atom. The Kier molecular flexibility index (Phi) is 4.58. The Bertz CT molecular complexity index is 272. The van der Waals surface area contributed by atoms with Gasteiger partial charge in [-0.1, -0.05) is 0 Å². The summed E-state index contributed by atoms with van der Waals surface area (Å²) in [6, 6.07) is 2.47. The number of rotatable bonds is 5. The lowest BCUT2D eigenvalue weighted by Gasteiger charge is -2.23. The van der Waals surface area contributed by atoms with Crippen molar-refractivity contribution in [2.75, 3.05) is 13.7 Å². The standard InChI is InChI=1S/C11H19NOS/c1-5-13-9(3)10(12-4)11-8(2)6-7-14-11/h6-7,9-10,12H,5H2,1-4H3. The van der Waals surface area contributed by atoms with Gasteiger partial charge in [0.25, 0.3) is 0 Å². The maximum Gasteiger partial charge on any atom is 0.0749 e. The lowest BCUT2D eigenvalue weighted by molar-refractivity contribution is 0.0500. The Morgan fingerprint density at radius 2 is 2.29 bits per heavy atom. The fourth-order valence-electron chi connectivity index (χ4n) is 1.64. The van der Waals surface area contributed by atoms with Crippen molar-refractivity contribution >= 4 is 11.3 Å². The van der Waals surface area contributed by atoms with Crippen LogP contribution >= 0.6 is 11.3 Å². The molecule has 2 atom stereocenters. The van der Waals surface area contributed by atoms with Gasteiger partial charge in [-0.05, 0) is 44.8 Å². The quantitative estimate of drug-likeness (QED) is 0.812. The van der Waals surface area contributed by atoms with Crippen molar-refractivity contribution in [3.63, 3.8) is 0 Å². The lowest BCUT2D eigenvalue weighted by atomic mass is 10.1. The summed E-state index contributed by atoms with van der Waals surface area (Å²) < 4.78 is 5.62. The van der Waals surface area contributed by atoms with E-state index < -0.39 is 0 Å². The molecule has 0 saturated carbocycles. The molecule has 1 heterocycles. The zero-order valence-electron chi connectivity index (χ0n) is 9.33. The summed E-state index contributed by atoms with van der Waals surface area (Å²) in [4.78, 5) is 1.38. The molecule has 0 aliphatic carbocycles. The van der Waals surface area contributed by atoms with Crippen LogP contribution in [-0.4, -0.2) is 19.8 Å². The van der Waals surface area contributed by atoms with E-state index in [0.717, 1.165) is 6.61 Å². The molecule has 1 N–H and O–H groups in total. The van der Waals surface area contributed by atoms with E-state index in [9.17, 15) is 0 Å². The molecular weight excluding hydrogens is 194 g/mol. The van der Waals surface area contributed by atoms with Crippen LogP contribution in [0, 0.1) is 6.92 Å². The van der Waals surface area contributed by atoms with E-state index >= 15 is 0 Å². The SMILES string of the molecule is CCOC(C)C(NC)c1sccc1C. The highest BCUT2D eigenvalue weighted by molar-refractivity contribution is 7.10. The molecular formula is C11H19NOS. The molecule has 3 heteroatoms. The van der Waals surface area contributed by atoms with E-state index in [2.05, 4.69) is 30.6 Å². The average Bonchev–Trinajstić information content (AvgIpc) is 2.54. The first-order chi connectivity index (χ1) is 6.70. The monoisotopic (exact) mass is 213 g/mol. The molecule has 0 aliphatic heterocycles. The van der Waals surface area contributed by atoms with Gasteiger partial charge in [0.15, 0.2) is 0 Å². The van der Waals surface area contributed by atoms with Gasteiger partial charge in [0, 0.05) is 11.5 Å². The van der Waals surface area contributed by atoms with Crippen LogP contribution in [0.1, 0.15) is 30.3 Å². The summed E-state index contributed by atoms with van der Waals surface area (Å²) in [5.74, 6) is 0. The molecule has 0 aromatic carbocycles. The molecule has 1 aromatic rings. The van der Waals surface area contributed by atoms with Crippen LogP contribution in [0.5, 0.6) is 0 Å². The smallest absolute Gasteiger partial charge is 0.0749 e. The number of nitrogens with one attached hydrogen (secondary N) is 1. The van der Waals surface area contributed by atoms with Gasteiger partial charge in [-0.2, -0.15) is 0 Å². The second kappa shape index (κ2) is 5.49. The van der Waals surface area contributed by atoms with Gasteiger partial charge in [0.1, 0.15) is 0 Å². The van der Waals surface area contributed by atoms with Crippen LogP contribution in [0.15, 0.2) is 11.4 Å². The van der Waals surface area contributed by atoms with E-state index in [1.54, 1.807) is 11.3 Å². The maximum absolute atomic E-state index is 5.62. The van der Waals surface area contributed by atoms with E-state index in [4.69, 9.17) is 4.74 Å². The Balaban J connectivity index is 2.76. The Morgan fingerprint density at radius 1 is 1.57 bits per heavy atom. The van der Waals surface area contributed by atoms with Crippen molar-refractivity contribution in [2.45, 2.75) is 32.9 Å². The number of hydrogen-bond acceptors (Lipinski definition) is 3. The fraction of sp³-hybridized carbons (Fsp3) is 0.636. The third-order valence-electron chi connectivity index (χ3n) is 2.39. The van der Waals surface area contributed by atoms with Crippen LogP contribution in [0.2, 0.25) is 0 Å². The summed E-state index contributed by atoms with van der Waals surface area (Å²) in [7, 11) is 1.99. The highest BCUT2D eigenvalue weighted by Gasteiger charge is 2.20.